The minimum atomic E-state index is -1.25. The van der Waals surface area contributed by atoms with E-state index in [9.17, 15) is 19.5 Å². The molecule has 0 aliphatic rings. The summed E-state index contributed by atoms with van der Waals surface area (Å²) >= 11 is 0. The van der Waals surface area contributed by atoms with Crippen molar-refractivity contribution < 1.29 is 19.5 Å². The third kappa shape index (κ3) is 5.78. The van der Waals surface area contributed by atoms with Gasteiger partial charge in [-0.3, -0.25) is 4.79 Å². The Morgan fingerprint density at radius 2 is 1.43 bits per heavy atom. The normalized spacial score (nSPS) is 11.7. The number of carboxylic acids is 1. The summed E-state index contributed by atoms with van der Waals surface area (Å²) in [4.78, 5) is 38.5. The number of aliphatic carboxylic acids is 1. The Balaban J connectivity index is 1.67. The average molecular weight is 496 g/mol. The monoisotopic (exact) mass is 495 g/mol. The van der Waals surface area contributed by atoms with Crippen molar-refractivity contribution in [2.75, 3.05) is 10.6 Å². The van der Waals surface area contributed by atoms with Crippen molar-refractivity contribution >= 4 is 40.1 Å². The highest BCUT2D eigenvalue weighted by Crippen LogP contribution is 2.29. The quantitative estimate of drug-likeness (QED) is 0.236. The van der Waals surface area contributed by atoms with Crippen LogP contribution in [0.25, 0.3) is 10.8 Å². The van der Waals surface area contributed by atoms with E-state index in [1.165, 1.54) is 0 Å². The first-order valence-corrected chi connectivity index (χ1v) is 12.0. The Morgan fingerprint density at radius 1 is 0.784 bits per heavy atom. The van der Waals surface area contributed by atoms with Crippen LogP contribution >= 0.6 is 0 Å². The molecule has 0 radical (unpaired) electrons. The number of fused-ring (bicyclic) bond motifs is 1. The van der Waals surface area contributed by atoms with Crippen LogP contribution in [-0.4, -0.2) is 23.0 Å². The number of carbonyl (C=O) groups excluding carboxylic acids is 2. The van der Waals surface area contributed by atoms with Gasteiger partial charge in [-0.1, -0.05) is 86.6 Å². The first-order chi connectivity index (χ1) is 17.7. The summed E-state index contributed by atoms with van der Waals surface area (Å²) in [5, 5.41) is 19.7. The lowest BCUT2D eigenvalue weighted by molar-refractivity contribution is -0.139. The Bertz CT molecular complexity index is 1460. The fourth-order valence-corrected chi connectivity index (χ4v) is 4.28. The van der Waals surface area contributed by atoms with Crippen LogP contribution in [0.5, 0.6) is 0 Å². The predicted molar refractivity (Wildman–Crippen MR) is 146 cm³/mol. The lowest BCUT2D eigenvalue weighted by atomic mass is 9.98. The molecule has 188 valence electrons. The fraction of sp³-hybridized carbons (Fsp3) is 0.167. The van der Waals surface area contributed by atoms with Gasteiger partial charge in [0.1, 0.15) is 0 Å². The molecule has 0 bridgehead atoms. The Kier molecular flexibility index (Phi) is 7.53. The second-order valence-corrected chi connectivity index (χ2v) is 9.17. The molecule has 0 heterocycles. The zero-order valence-corrected chi connectivity index (χ0v) is 20.9. The molecular weight excluding hydrogens is 466 g/mol. The molecule has 0 aliphatic carbocycles. The molecule has 0 aromatic heterocycles. The average Bonchev–Trinajstić information content (AvgIpc) is 2.88. The smallest absolute Gasteiger partial charge is 0.330 e. The van der Waals surface area contributed by atoms with E-state index >= 15 is 0 Å². The van der Waals surface area contributed by atoms with E-state index in [-0.39, 0.29) is 17.2 Å². The van der Waals surface area contributed by atoms with Crippen molar-refractivity contribution in [1.29, 1.82) is 0 Å². The maximum atomic E-state index is 13.4. The van der Waals surface area contributed by atoms with Crippen LogP contribution < -0.4 is 16.0 Å². The van der Waals surface area contributed by atoms with Crippen LogP contribution in [0, 0.1) is 6.92 Å². The van der Waals surface area contributed by atoms with Gasteiger partial charge in [-0.25, -0.2) is 9.59 Å². The summed E-state index contributed by atoms with van der Waals surface area (Å²) in [5.41, 5.74) is 3.51. The Morgan fingerprint density at radius 3 is 2.08 bits per heavy atom. The van der Waals surface area contributed by atoms with Crippen LogP contribution in [0.2, 0.25) is 0 Å². The van der Waals surface area contributed by atoms with Crippen molar-refractivity contribution in [2.45, 2.75) is 32.7 Å². The molecule has 0 saturated heterocycles. The zero-order valence-electron chi connectivity index (χ0n) is 20.9. The summed E-state index contributed by atoms with van der Waals surface area (Å²) in [5.74, 6) is -1.60. The second kappa shape index (κ2) is 11.0. The van der Waals surface area contributed by atoms with Crippen molar-refractivity contribution in [3.05, 3.63) is 107 Å². The third-order valence-electron chi connectivity index (χ3n) is 6.20. The topological polar surface area (TPSA) is 108 Å². The zero-order chi connectivity index (χ0) is 26.5. The van der Waals surface area contributed by atoms with Gasteiger partial charge in [-0.15, -0.1) is 0 Å². The van der Waals surface area contributed by atoms with Crippen LogP contribution in [0.3, 0.4) is 0 Å². The van der Waals surface area contributed by atoms with Gasteiger partial charge in [0, 0.05) is 5.69 Å². The van der Waals surface area contributed by atoms with Gasteiger partial charge in [-0.2, -0.15) is 0 Å². The molecule has 4 N–H and O–H groups in total. The van der Waals surface area contributed by atoms with Gasteiger partial charge in [0.2, 0.25) is 0 Å². The molecular formula is C30H29N3O4. The van der Waals surface area contributed by atoms with Crippen LogP contribution in [0.4, 0.5) is 16.2 Å². The number of benzene rings is 4. The molecule has 7 nitrogen and oxygen atoms in total. The predicted octanol–water partition coefficient (Wildman–Crippen LogP) is 6.47. The number of para-hydroxylation sites is 1. The molecule has 0 spiro atoms. The summed E-state index contributed by atoms with van der Waals surface area (Å²) in [7, 11) is 0. The van der Waals surface area contributed by atoms with E-state index in [0.717, 1.165) is 27.6 Å². The number of aryl methyl sites for hydroxylation is 1. The molecule has 0 aliphatic heterocycles. The Hall–Kier alpha value is -4.65. The van der Waals surface area contributed by atoms with Crippen molar-refractivity contribution in [3.63, 3.8) is 0 Å². The van der Waals surface area contributed by atoms with Gasteiger partial charge >= 0.3 is 12.0 Å². The van der Waals surface area contributed by atoms with Gasteiger partial charge in [0.05, 0.1) is 11.3 Å². The van der Waals surface area contributed by atoms with Crippen molar-refractivity contribution in [1.82, 2.24) is 5.32 Å². The van der Waals surface area contributed by atoms with E-state index in [4.69, 9.17) is 0 Å². The summed E-state index contributed by atoms with van der Waals surface area (Å²) in [6.45, 7) is 6.02. The number of anilines is 2. The summed E-state index contributed by atoms with van der Waals surface area (Å²) in [6, 6.07) is 23.4. The molecule has 0 saturated carbocycles. The molecule has 0 fully saturated rings. The second-order valence-electron chi connectivity index (χ2n) is 9.17. The highest BCUT2D eigenvalue weighted by molar-refractivity contribution is 6.10. The molecule has 4 aromatic rings. The number of nitrogens with one attached hydrogen (secondary N) is 3. The van der Waals surface area contributed by atoms with Gasteiger partial charge in [0.15, 0.2) is 6.04 Å². The Labute approximate surface area is 215 Å². The van der Waals surface area contributed by atoms with E-state index in [2.05, 4.69) is 29.8 Å². The molecule has 4 rings (SSSR count). The lowest BCUT2D eigenvalue weighted by Crippen LogP contribution is -2.34. The van der Waals surface area contributed by atoms with Gasteiger partial charge < -0.3 is 21.1 Å². The lowest BCUT2D eigenvalue weighted by Gasteiger charge is -2.19. The minimum Gasteiger partial charge on any atom is -0.479 e. The first-order valence-electron chi connectivity index (χ1n) is 12.0. The summed E-state index contributed by atoms with van der Waals surface area (Å²) < 4.78 is 0. The van der Waals surface area contributed by atoms with E-state index in [1.54, 1.807) is 42.5 Å². The maximum absolute atomic E-state index is 13.4. The molecule has 37 heavy (non-hydrogen) atoms. The number of hydrogen-bond acceptors (Lipinski definition) is 3. The van der Waals surface area contributed by atoms with E-state index in [0.29, 0.717) is 5.56 Å². The SMILES string of the molecule is Cc1cccc(C(C)C)c1NC(=O)Nc1cc2ccccc2cc1C(=O)NC(C(=O)O)c1ccccc1. The standard InChI is InChI=1S/C30H29N3O4/c1-18(2)23-15-9-10-19(3)26(23)33-30(37)31-25-17-22-14-8-7-13-21(22)16-24(25)28(34)32-27(29(35)36)20-11-5-4-6-12-20/h4-18,27H,1-3H3,(H,32,34)(H,35,36)(H2,31,33,37). The molecule has 4 aromatic carbocycles. The fourth-order valence-electron chi connectivity index (χ4n) is 4.28. The van der Waals surface area contributed by atoms with Crippen LogP contribution in [0.1, 0.15) is 52.9 Å². The van der Waals surface area contributed by atoms with Gasteiger partial charge in [-0.05, 0) is 52.4 Å². The maximum Gasteiger partial charge on any atom is 0.330 e. The van der Waals surface area contributed by atoms with Crippen molar-refractivity contribution in [2.24, 2.45) is 0 Å². The number of carboxylic acid groups (broad SMARTS) is 1. The third-order valence-corrected chi connectivity index (χ3v) is 6.20. The number of rotatable bonds is 7. The summed E-state index contributed by atoms with van der Waals surface area (Å²) in [6.07, 6.45) is 0. The first kappa shape index (κ1) is 25.4. The highest BCUT2D eigenvalue weighted by atomic mass is 16.4. The van der Waals surface area contributed by atoms with Crippen LogP contribution in [-0.2, 0) is 4.79 Å². The molecule has 7 heteroatoms. The number of urea groups is 1. The van der Waals surface area contributed by atoms with E-state index in [1.807, 2.05) is 49.4 Å². The highest BCUT2D eigenvalue weighted by Gasteiger charge is 2.25. The molecule has 1 atom stereocenters. The minimum absolute atomic E-state index is 0.157. The largest absolute Gasteiger partial charge is 0.479 e. The van der Waals surface area contributed by atoms with Crippen molar-refractivity contribution in [3.8, 4) is 0 Å². The van der Waals surface area contributed by atoms with E-state index < -0.39 is 23.9 Å². The molecule has 1 unspecified atom stereocenters. The molecule has 3 amide bonds. The van der Waals surface area contributed by atoms with Gasteiger partial charge in [0.25, 0.3) is 5.91 Å². The number of hydrogen-bond donors (Lipinski definition) is 4. The van der Waals surface area contributed by atoms with Crippen LogP contribution in [0.15, 0.2) is 84.9 Å². The number of amides is 3. The number of carbonyl (C=O) groups is 3.